The lowest BCUT2D eigenvalue weighted by Gasteiger charge is -2.03. The minimum atomic E-state index is -0.116. The van der Waals surface area contributed by atoms with Crippen molar-refractivity contribution in [1.29, 1.82) is 0 Å². The van der Waals surface area contributed by atoms with Gasteiger partial charge in [0, 0.05) is 12.7 Å². The van der Waals surface area contributed by atoms with Gasteiger partial charge in [0.1, 0.15) is 0 Å². The van der Waals surface area contributed by atoms with E-state index in [1.807, 2.05) is 31.2 Å². The van der Waals surface area contributed by atoms with Crippen molar-refractivity contribution in [1.82, 2.24) is 15.5 Å². The molecule has 2 aromatic rings. The smallest absolute Gasteiger partial charge is 0.254 e. The van der Waals surface area contributed by atoms with Crippen molar-refractivity contribution in [3.05, 3.63) is 53.3 Å². The Bertz CT molecular complexity index is 460. The third kappa shape index (κ3) is 2.48. The van der Waals surface area contributed by atoms with Gasteiger partial charge in [-0.15, -0.1) is 0 Å². The molecule has 1 aromatic carbocycles. The predicted molar refractivity (Wildman–Crippen MR) is 60.9 cm³/mol. The maximum absolute atomic E-state index is 11.6. The number of carbonyl (C=O) groups is 1. The molecule has 0 saturated heterocycles. The molecule has 0 aliphatic heterocycles. The molecule has 0 aliphatic carbocycles. The van der Waals surface area contributed by atoms with E-state index in [0.717, 1.165) is 5.56 Å². The number of nitrogens with one attached hydrogen (secondary N) is 2. The Balaban J connectivity index is 1.93. The van der Waals surface area contributed by atoms with E-state index in [2.05, 4.69) is 15.5 Å². The summed E-state index contributed by atoms with van der Waals surface area (Å²) in [5.41, 5.74) is 2.85. The van der Waals surface area contributed by atoms with Gasteiger partial charge in [0.25, 0.3) is 5.91 Å². The highest BCUT2D eigenvalue weighted by atomic mass is 16.1. The van der Waals surface area contributed by atoms with E-state index in [9.17, 15) is 4.79 Å². The van der Waals surface area contributed by atoms with Crippen molar-refractivity contribution in [3.63, 3.8) is 0 Å². The summed E-state index contributed by atoms with van der Waals surface area (Å²) in [7, 11) is 0. The van der Waals surface area contributed by atoms with E-state index in [4.69, 9.17) is 0 Å². The quantitative estimate of drug-likeness (QED) is 0.817. The number of aromatic nitrogens is 2. The van der Waals surface area contributed by atoms with Crippen LogP contribution in [0.5, 0.6) is 0 Å². The first-order valence-electron chi connectivity index (χ1n) is 5.08. The first-order valence-corrected chi connectivity index (χ1v) is 5.08. The summed E-state index contributed by atoms with van der Waals surface area (Å²) >= 11 is 0. The molecule has 0 bridgehead atoms. The Morgan fingerprint density at radius 1 is 1.38 bits per heavy atom. The number of hydrogen-bond acceptors (Lipinski definition) is 2. The summed E-state index contributed by atoms with van der Waals surface area (Å²) < 4.78 is 0. The normalized spacial score (nSPS) is 10.1. The van der Waals surface area contributed by atoms with Crippen LogP contribution in [0.1, 0.15) is 21.5 Å². The van der Waals surface area contributed by atoms with Crippen LogP contribution in [0.4, 0.5) is 0 Å². The van der Waals surface area contributed by atoms with Crippen molar-refractivity contribution in [2.45, 2.75) is 13.5 Å². The van der Waals surface area contributed by atoms with Crippen molar-refractivity contribution in [2.24, 2.45) is 0 Å². The standard InChI is InChI=1S/C12H13N3O/c1-9-2-4-10(5-3-9)6-13-12(16)11-7-14-15-8-11/h2-5,7-8H,6H2,1H3,(H,13,16)(H,14,15). The summed E-state index contributed by atoms with van der Waals surface area (Å²) in [5.74, 6) is -0.116. The van der Waals surface area contributed by atoms with Gasteiger partial charge in [0.2, 0.25) is 0 Å². The monoisotopic (exact) mass is 215 g/mol. The SMILES string of the molecule is Cc1ccc(CNC(=O)c2cn[nH]c2)cc1. The molecular formula is C12H13N3O. The summed E-state index contributed by atoms with van der Waals surface area (Å²) in [6, 6.07) is 8.06. The summed E-state index contributed by atoms with van der Waals surface area (Å²) in [6.07, 6.45) is 3.08. The lowest BCUT2D eigenvalue weighted by Crippen LogP contribution is -2.22. The van der Waals surface area contributed by atoms with E-state index in [1.54, 1.807) is 6.20 Å². The van der Waals surface area contributed by atoms with Crippen LogP contribution < -0.4 is 5.32 Å². The molecule has 16 heavy (non-hydrogen) atoms. The first-order chi connectivity index (χ1) is 7.75. The number of hydrogen-bond donors (Lipinski definition) is 2. The van der Waals surface area contributed by atoms with Crippen LogP contribution in [0, 0.1) is 6.92 Å². The zero-order valence-electron chi connectivity index (χ0n) is 9.03. The number of carbonyl (C=O) groups excluding carboxylic acids is 1. The fraction of sp³-hybridized carbons (Fsp3) is 0.167. The zero-order chi connectivity index (χ0) is 11.4. The third-order valence-corrected chi connectivity index (χ3v) is 2.33. The van der Waals surface area contributed by atoms with Gasteiger partial charge in [-0.25, -0.2) is 0 Å². The minimum Gasteiger partial charge on any atom is -0.348 e. The second-order valence-corrected chi connectivity index (χ2v) is 3.66. The average molecular weight is 215 g/mol. The van der Waals surface area contributed by atoms with Crippen LogP contribution in [-0.2, 0) is 6.54 Å². The van der Waals surface area contributed by atoms with Gasteiger partial charge in [-0.3, -0.25) is 9.89 Å². The number of benzene rings is 1. The fourth-order valence-electron chi connectivity index (χ4n) is 1.37. The van der Waals surface area contributed by atoms with Crippen molar-refractivity contribution < 1.29 is 4.79 Å². The van der Waals surface area contributed by atoms with Crippen LogP contribution >= 0.6 is 0 Å². The molecular weight excluding hydrogens is 202 g/mol. The molecule has 0 spiro atoms. The second kappa shape index (κ2) is 4.61. The van der Waals surface area contributed by atoms with E-state index < -0.39 is 0 Å². The highest BCUT2D eigenvalue weighted by Gasteiger charge is 2.05. The molecule has 82 valence electrons. The van der Waals surface area contributed by atoms with Gasteiger partial charge in [0.15, 0.2) is 0 Å². The fourth-order valence-corrected chi connectivity index (χ4v) is 1.37. The summed E-state index contributed by atoms with van der Waals surface area (Å²) in [6.45, 7) is 2.57. The minimum absolute atomic E-state index is 0.116. The lowest BCUT2D eigenvalue weighted by atomic mass is 10.1. The Labute approximate surface area is 93.7 Å². The number of aryl methyl sites for hydroxylation is 1. The molecule has 4 nitrogen and oxygen atoms in total. The predicted octanol–water partition coefficient (Wildman–Crippen LogP) is 1.65. The van der Waals surface area contributed by atoms with Crippen LogP contribution in [0.15, 0.2) is 36.7 Å². The van der Waals surface area contributed by atoms with Gasteiger partial charge >= 0.3 is 0 Å². The van der Waals surface area contributed by atoms with Crippen LogP contribution in [0.3, 0.4) is 0 Å². The number of amides is 1. The highest BCUT2D eigenvalue weighted by molar-refractivity contribution is 5.93. The number of nitrogens with zero attached hydrogens (tertiary/aromatic N) is 1. The van der Waals surface area contributed by atoms with Gasteiger partial charge in [-0.2, -0.15) is 5.10 Å². The highest BCUT2D eigenvalue weighted by Crippen LogP contribution is 2.03. The van der Waals surface area contributed by atoms with Crippen LogP contribution in [0.2, 0.25) is 0 Å². The van der Waals surface area contributed by atoms with E-state index in [1.165, 1.54) is 11.8 Å². The molecule has 4 heteroatoms. The van der Waals surface area contributed by atoms with Gasteiger partial charge in [0.05, 0.1) is 11.8 Å². The molecule has 2 rings (SSSR count). The lowest BCUT2D eigenvalue weighted by molar-refractivity contribution is 0.0951. The first kappa shape index (κ1) is 10.4. The second-order valence-electron chi connectivity index (χ2n) is 3.66. The van der Waals surface area contributed by atoms with Crippen LogP contribution in [0.25, 0.3) is 0 Å². The van der Waals surface area contributed by atoms with Gasteiger partial charge < -0.3 is 5.32 Å². The molecule has 0 unspecified atom stereocenters. The van der Waals surface area contributed by atoms with Crippen LogP contribution in [-0.4, -0.2) is 16.1 Å². The van der Waals surface area contributed by atoms with E-state index in [0.29, 0.717) is 12.1 Å². The summed E-state index contributed by atoms with van der Waals surface area (Å²) in [5, 5.41) is 9.15. The van der Waals surface area contributed by atoms with E-state index >= 15 is 0 Å². The zero-order valence-corrected chi connectivity index (χ0v) is 9.03. The van der Waals surface area contributed by atoms with Crippen molar-refractivity contribution >= 4 is 5.91 Å². The number of H-pyrrole nitrogens is 1. The molecule has 1 amide bonds. The Hall–Kier alpha value is -2.10. The molecule has 0 aliphatic rings. The molecule has 0 saturated carbocycles. The molecule has 2 N–H and O–H groups in total. The maximum atomic E-state index is 11.6. The Kier molecular flexibility index (Phi) is 3.00. The molecule has 1 aromatic heterocycles. The molecule has 1 heterocycles. The summed E-state index contributed by atoms with van der Waals surface area (Å²) in [4.78, 5) is 11.6. The van der Waals surface area contributed by atoms with Gasteiger partial charge in [-0.1, -0.05) is 29.8 Å². The average Bonchev–Trinajstić information content (AvgIpc) is 2.81. The Morgan fingerprint density at radius 2 is 2.12 bits per heavy atom. The Morgan fingerprint density at radius 3 is 2.75 bits per heavy atom. The maximum Gasteiger partial charge on any atom is 0.254 e. The number of rotatable bonds is 3. The van der Waals surface area contributed by atoms with Crippen molar-refractivity contribution in [2.75, 3.05) is 0 Å². The third-order valence-electron chi connectivity index (χ3n) is 2.33. The van der Waals surface area contributed by atoms with Gasteiger partial charge in [-0.05, 0) is 12.5 Å². The largest absolute Gasteiger partial charge is 0.348 e. The topological polar surface area (TPSA) is 57.8 Å². The molecule has 0 atom stereocenters. The van der Waals surface area contributed by atoms with E-state index in [-0.39, 0.29) is 5.91 Å². The number of aromatic amines is 1. The molecule has 0 fully saturated rings. The molecule has 0 radical (unpaired) electrons. The van der Waals surface area contributed by atoms with Crippen molar-refractivity contribution in [3.8, 4) is 0 Å².